The van der Waals surface area contributed by atoms with E-state index in [1.807, 2.05) is 12.1 Å². The second kappa shape index (κ2) is 5.63. The molecule has 0 aliphatic carbocycles. The summed E-state index contributed by atoms with van der Waals surface area (Å²) in [5, 5.41) is 0. The molecule has 0 spiro atoms. The predicted molar refractivity (Wildman–Crippen MR) is 61.0 cm³/mol. The molecule has 1 aromatic rings. The summed E-state index contributed by atoms with van der Waals surface area (Å²) in [4.78, 5) is 4.30. The minimum atomic E-state index is 0.728. The highest BCUT2D eigenvalue weighted by molar-refractivity contribution is 5.34. The average molecular weight is 192 g/mol. The van der Waals surface area contributed by atoms with E-state index >= 15 is 0 Å². The van der Waals surface area contributed by atoms with Crippen molar-refractivity contribution in [1.29, 1.82) is 0 Å². The van der Waals surface area contributed by atoms with Crippen LogP contribution in [0.1, 0.15) is 38.8 Å². The number of nitrogens with zero attached hydrogens (tertiary/aromatic N) is 1. The number of anilines is 1. The van der Waals surface area contributed by atoms with E-state index in [-0.39, 0.29) is 0 Å². The van der Waals surface area contributed by atoms with Crippen molar-refractivity contribution in [1.82, 2.24) is 4.98 Å². The zero-order valence-corrected chi connectivity index (χ0v) is 9.16. The third kappa shape index (κ3) is 3.77. The molecule has 0 bridgehead atoms. The number of nitrogen functional groups attached to an aromatic ring is 1. The maximum Gasteiger partial charge on any atom is 0.0501 e. The highest BCUT2D eigenvalue weighted by atomic mass is 14.7. The summed E-state index contributed by atoms with van der Waals surface area (Å²) >= 11 is 0. The molecule has 0 fully saturated rings. The topological polar surface area (TPSA) is 38.9 Å². The highest BCUT2D eigenvalue weighted by Gasteiger charge is 2.03. The van der Waals surface area contributed by atoms with Gasteiger partial charge < -0.3 is 5.73 Å². The molecule has 0 saturated carbocycles. The lowest BCUT2D eigenvalue weighted by atomic mass is 9.99. The third-order valence-corrected chi connectivity index (χ3v) is 2.46. The summed E-state index contributed by atoms with van der Waals surface area (Å²) in [5.41, 5.74) is 7.48. The molecule has 1 heterocycles. The van der Waals surface area contributed by atoms with Crippen LogP contribution < -0.4 is 5.73 Å². The van der Waals surface area contributed by atoms with Crippen molar-refractivity contribution in [2.24, 2.45) is 5.92 Å². The van der Waals surface area contributed by atoms with Gasteiger partial charge in [0.15, 0.2) is 0 Å². The maximum absolute atomic E-state index is 5.58. The molecular weight excluding hydrogens is 172 g/mol. The summed E-state index contributed by atoms with van der Waals surface area (Å²) in [6, 6.07) is 3.95. The Hall–Kier alpha value is -1.05. The Balaban J connectivity index is 2.39. The lowest BCUT2D eigenvalue weighted by Crippen LogP contribution is -2.01. The number of hydrogen-bond donors (Lipinski definition) is 1. The summed E-state index contributed by atoms with van der Waals surface area (Å²) < 4.78 is 0. The summed E-state index contributed by atoms with van der Waals surface area (Å²) in [7, 11) is 0. The van der Waals surface area contributed by atoms with Crippen molar-refractivity contribution in [3.63, 3.8) is 0 Å². The number of aromatic nitrogens is 1. The Bertz CT molecular complexity index is 254. The van der Waals surface area contributed by atoms with Crippen molar-refractivity contribution < 1.29 is 0 Å². The van der Waals surface area contributed by atoms with Crippen LogP contribution in [0.2, 0.25) is 0 Å². The lowest BCUT2D eigenvalue weighted by molar-refractivity contribution is 0.498. The number of unbranched alkanes of at least 4 members (excludes halogenated alkanes) is 1. The Morgan fingerprint density at radius 1 is 1.43 bits per heavy atom. The van der Waals surface area contributed by atoms with Crippen molar-refractivity contribution >= 4 is 5.69 Å². The van der Waals surface area contributed by atoms with E-state index in [1.54, 1.807) is 6.20 Å². The van der Waals surface area contributed by atoms with Crippen LogP contribution >= 0.6 is 0 Å². The van der Waals surface area contributed by atoms with E-state index < -0.39 is 0 Å². The van der Waals surface area contributed by atoms with E-state index in [4.69, 9.17) is 5.73 Å². The number of nitrogens with two attached hydrogens (primary N) is 1. The van der Waals surface area contributed by atoms with Gasteiger partial charge in [0.25, 0.3) is 0 Å². The van der Waals surface area contributed by atoms with Crippen LogP contribution in [-0.2, 0) is 6.42 Å². The molecule has 0 aliphatic rings. The molecule has 0 aliphatic heterocycles. The summed E-state index contributed by atoms with van der Waals surface area (Å²) in [5.74, 6) is 0.728. The molecule has 14 heavy (non-hydrogen) atoms. The van der Waals surface area contributed by atoms with Gasteiger partial charge in [-0.2, -0.15) is 0 Å². The van der Waals surface area contributed by atoms with Crippen LogP contribution in [0, 0.1) is 5.92 Å². The van der Waals surface area contributed by atoms with E-state index in [0.717, 1.165) is 23.7 Å². The van der Waals surface area contributed by atoms with Crippen molar-refractivity contribution in [3.05, 3.63) is 24.0 Å². The quantitative estimate of drug-likeness (QED) is 0.778. The first-order valence-electron chi connectivity index (χ1n) is 5.42. The van der Waals surface area contributed by atoms with Crippen LogP contribution in [0.15, 0.2) is 18.3 Å². The van der Waals surface area contributed by atoms with Crippen molar-refractivity contribution in [2.45, 2.75) is 39.5 Å². The predicted octanol–water partition coefficient (Wildman–Crippen LogP) is 3.03. The number of rotatable bonds is 5. The van der Waals surface area contributed by atoms with Gasteiger partial charge in [-0.1, -0.05) is 33.1 Å². The van der Waals surface area contributed by atoms with Gasteiger partial charge >= 0.3 is 0 Å². The first-order chi connectivity index (χ1) is 6.72. The molecule has 2 N–H and O–H groups in total. The van der Waals surface area contributed by atoms with Crippen LogP contribution in [0.4, 0.5) is 5.69 Å². The minimum absolute atomic E-state index is 0.728. The van der Waals surface area contributed by atoms with Crippen LogP contribution in [0.25, 0.3) is 0 Å². The van der Waals surface area contributed by atoms with E-state index in [9.17, 15) is 0 Å². The summed E-state index contributed by atoms with van der Waals surface area (Å²) in [6.45, 7) is 4.52. The average Bonchev–Trinajstić information content (AvgIpc) is 2.18. The first kappa shape index (κ1) is 11.0. The molecule has 1 atom stereocenters. The molecule has 1 unspecified atom stereocenters. The van der Waals surface area contributed by atoms with Crippen molar-refractivity contribution in [2.75, 3.05) is 5.73 Å². The molecule has 0 aromatic carbocycles. The van der Waals surface area contributed by atoms with Gasteiger partial charge in [0.05, 0.1) is 11.9 Å². The van der Waals surface area contributed by atoms with Gasteiger partial charge in [0.1, 0.15) is 0 Å². The Morgan fingerprint density at radius 3 is 2.79 bits per heavy atom. The zero-order chi connectivity index (χ0) is 10.4. The van der Waals surface area contributed by atoms with Gasteiger partial charge in [0.2, 0.25) is 0 Å². The van der Waals surface area contributed by atoms with Crippen LogP contribution in [-0.4, -0.2) is 4.98 Å². The molecule has 1 rings (SSSR count). The fourth-order valence-electron chi connectivity index (χ4n) is 1.57. The third-order valence-electron chi connectivity index (χ3n) is 2.46. The first-order valence-corrected chi connectivity index (χ1v) is 5.42. The normalized spacial score (nSPS) is 12.7. The SMILES string of the molecule is CCCCC(C)Cc1ccc(N)cn1. The zero-order valence-electron chi connectivity index (χ0n) is 9.16. The fraction of sp³-hybridized carbons (Fsp3) is 0.583. The van der Waals surface area contributed by atoms with E-state index in [2.05, 4.69) is 18.8 Å². The summed E-state index contributed by atoms with van der Waals surface area (Å²) in [6.07, 6.45) is 6.69. The van der Waals surface area contributed by atoms with E-state index in [0.29, 0.717) is 0 Å². The van der Waals surface area contributed by atoms with Crippen molar-refractivity contribution in [3.8, 4) is 0 Å². The standard InChI is InChI=1S/C12H20N2/c1-3-4-5-10(2)8-12-7-6-11(13)9-14-12/h6-7,9-10H,3-5,8,13H2,1-2H3. The van der Waals surface area contributed by atoms with Gasteiger partial charge in [-0.05, 0) is 24.5 Å². The molecule has 1 aromatic heterocycles. The Morgan fingerprint density at radius 2 is 2.21 bits per heavy atom. The number of hydrogen-bond acceptors (Lipinski definition) is 2. The van der Waals surface area contributed by atoms with Gasteiger partial charge in [-0.3, -0.25) is 4.98 Å². The van der Waals surface area contributed by atoms with Gasteiger partial charge in [-0.25, -0.2) is 0 Å². The Kier molecular flexibility index (Phi) is 4.44. The minimum Gasteiger partial charge on any atom is -0.397 e. The van der Waals surface area contributed by atoms with Gasteiger partial charge in [0, 0.05) is 5.69 Å². The largest absolute Gasteiger partial charge is 0.397 e. The van der Waals surface area contributed by atoms with Crippen LogP contribution in [0.3, 0.4) is 0 Å². The second-order valence-electron chi connectivity index (χ2n) is 4.03. The van der Waals surface area contributed by atoms with Gasteiger partial charge in [-0.15, -0.1) is 0 Å². The fourth-order valence-corrected chi connectivity index (χ4v) is 1.57. The second-order valence-corrected chi connectivity index (χ2v) is 4.03. The number of pyridine rings is 1. The Labute approximate surface area is 86.5 Å². The molecule has 2 nitrogen and oxygen atoms in total. The lowest BCUT2D eigenvalue weighted by Gasteiger charge is -2.09. The maximum atomic E-state index is 5.58. The molecule has 0 amide bonds. The van der Waals surface area contributed by atoms with E-state index in [1.165, 1.54) is 19.3 Å². The molecule has 2 heteroatoms. The molecule has 78 valence electrons. The molecule has 0 radical (unpaired) electrons. The highest BCUT2D eigenvalue weighted by Crippen LogP contribution is 2.13. The molecular formula is C12H20N2. The van der Waals surface area contributed by atoms with Crippen LogP contribution in [0.5, 0.6) is 0 Å². The monoisotopic (exact) mass is 192 g/mol. The smallest absolute Gasteiger partial charge is 0.0501 e. The molecule has 0 saturated heterocycles.